The van der Waals surface area contributed by atoms with E-state index in [1.165, 1.54) is 0 Å². The predicted octanol–water partition coefficient (Wildman–Crippen LogP) is 2.81. The van der Waals surface area contributed by atoms with Crippen LogP contribution in [0.3, 0.4) is 0 Å². The molecule has 1 aliphatic heterocycles. The van der Waals surface area contributed by atoms with E-state index in [2.05, 4.69) is 15.2 Å². The van der Waals surface area contributed by atoms with E-state index in [1.54, 1.807) is 7.11 Å². The summed E-state index contributed by atoms with van der Waals surface area (Å²) in [6, 6.07) is 0. The highest BCUT2D eigenvalue weighted by molar-refractivity contribution is 14.0. The molecule has 0 bridgehead atoms. The van der Waals surface area contributed by atoms with Gasteiger partial charge in [0, 0.05) is 46.9 Å². The summed E-state index contributed by atoms with van der Waals surface area (Å²) in [6.45, 7) is 13.5. The molecule has 29 heavy (non-hydrogen) atoms. The SMILES string of the molecule is CCN(CC1CCN(C(=NC)NCCOCCOC)CC1)C(=O)OC(C)(C)C.I. The number of hydrogen-bond acceptors (Lipinski definition) is 5. The normalized spacial score (nSPS) is 15.7. The van der Waals surface area contributed by atoms with Crippen LogP contribution in [0.15, 0.2) is 4.99 Å². The Balaban J connectivity index is 0.00000784. The molecule has 0 aliphatic carbocycles. The molecule has 0 unspecified atom stereocenters. The predicted molar refractivity (Wildman–Crippen MR) is 127 cm³/mol. The Morgan fingerprint density at radius 3 is 2.38 bits per heavy atom. The average Bonchev–Trinajstić information content (AvgIpc) is 2.65. The first-order valence-corrected chi connectivity index (χ1v) is 10.3. The third-order valence-corrected chi connectivity index (χ3v) is 4.60. The summed E-state index contributed by atoms with van der Waals surface area (Å²) in [5, 5.41) is 3.35. The van der Waals surface area contributed by atoms with Crippen LogP contribution in [0.25, 0.3) is 0 Å². The number of nitrogens with one attached hydrogen (secondary N) is 1. The van der Waals surface area contributed by atoms with Crippen LogP contribution in [0.1, 0.15) is 40.5 Å². The molecule has 0 aromatic rings. The van der Waals surface area contributed by atoms with Crippen LogP contribution in [-0.2, 0) is 14.2 Å². The summed E-state index contributed by atoms with van der Waals surface area (Å²) in [5.74, 6) is 1.40. The second-order valence-corrected chi connectivity index (χ2v) is 8.03. The summed E-state index contributed by atoms with van der Waals surface area (Å²) in [6.07, 6.45) is 1.85. The number of rotatable bonds is 9. The van der Waals surface area contributed by atoms with Gasteiger partial charge in [-0.25, -0.2) is 4.79 Å². The number of halogens is 1. The lowest BCUT2D eigenvalue weighted by Crippen LogP contribution is -2.48. The summed E-state index contributed by atoms with van der Waals surface area (Å²) in [4.78, 5) is 20.8. The van der Waals surface area contributed by atoms with Gasteiger partial charge in [-0.1, -0.05) is 0 Å². The largest absolute Gasteiger partial charge is 0.444 e. The van der Waals surface area contributed by atoms with Gasteiger partial charge in [0.25, 0.3) is 0 Å². The van der Waals surface area contributed by atoms with E-state index in [-0.39, 0.29) is 30.1 Å². The van der Waals surface area contributed by atoms with Crippen molar-refractivity contribution in [1.82, 2.24) is 15.1 Å². The first-order chi connectivity index (χ1) is 13.3. The van der Waals surface area contributed by atoms with Crippen molar-refractivity contribution in [2.75, 3.05) is 66.7 Å². The molecule has 0 saturated carbocycles. The van der Waals surface area contributed by atoms with E-state index in [4.69, 9.17) is 14.2 Å². The van der Waals surface area contributed by atoms with Crippen molar-refractivity contribution in [3.8, 4) is 0 Å². The minimum absolute atomic E-state index is 0. The van der Waals surface area contributed by atoms with E-state index < -0.39 is 5.60 Å². The minimum Gasteiger partial charge on any atom is -0.444 e. The molecule has 0 radical (unpaired) electrons. The molecule has 1 aliphatic rings. The molecule has 0 spiro atoms. The van der Waals surface area contributed by atoms with Gasteiger partial charge in [0.05, 0.1) is 19.8 Å². The Bertz CT molecular complexity index is 478. The van der Waals surface area contributed by atoms with Crippen LogP contribution in [0, 0.1) is 5.92 Å². The fourth-order valence-corrected chi connectivity index (χ4v) is 3.11. The lowest BCUT2D eigenvalue weighted by atomic mass is 9.96. The van der Waals surface area contributed by atoms with Crippen molar-refractivity contribution < 1.29 is 19.0 Å². The maximum atomic E-state index is 12.3. The Hall–Kier alpha value is -0.810. The number of piperidine rings is 1. The Kier molecular flexibility index (Phi) is 14.6. The summed E-state index contributed by atoms with van der Waals surface area (Å²) >= 11 is 0. The Labute approximate surface area is 193 Å². The molecule has 1 N–H and O–H groups in total. The summed E-state index contributed by atoms with van der Waals surface area (Å²) in [5.41, 5.74) is -0.459. The number of carbonyl (C=O) groups excluding carboxylic acids is 1. The molecular weight excluding hydrogens is 487 g/mol. The number of guanidine groups is 1. The highest BCUT2D eigenvalue weighted by atomic mass is 127. The maximum Gasteiger partial charge on any atom is 0.410 e. The van der Waals surface area contributed by atoms with Crippen LogP contribution in [0.5, 0.6) is 0 Å². The average molecular weight is 528 g/mol. The number of nitrogens with zero attached hydrogens (tertiary/aromatic N) is 3. The van der Waals surface area contributed by atoms with Gasteiger partial charge in [0.15, 0.2) is 5.96 Å². The lowest BCUT2D eigenvalue weighted by molar-refractivity contribution is 0.0214. The lowest BCUT2D eigenvalue weighted by Gasteiger charge is -2.36. The zero-order valence-corrected chi connectivity index (χ0v) is 21.4. The zero-order chi connectivity index (χ0) is 21.0. The number of amides is 1. The second-order valence-electron chi connectivity index (χ2n) is 8.03. The second kappa shape index (κ2) is 15.1. The summed E-state index contributed by atoms with van der Waals surface area (Å²) in [7, 11) is 3.47. The third kappa shape index (κ3) is 11.8. The van der Waals surface area contributed by atoms with Gasteiger partial charge < -0.3 is 29.3 Å². The van der Waals surface area contributed by atoms with E-state index in [0.717, 1.165) is 45.0 Å². The minimum atomic E-state index is -0.459. The standard InChI is InChI=1S/C20H40N4O4.HI/c1-7-23(19(25)28-20(2,3)4)16-17-8-11-24(12-9-17)18(21-5)22-10-13-27-15-14-26-6;/h17H,7-16H2,1-6H3,(H,21,22);1H. The quantitative estimate of drug-likeness (QED) is 0.215. The van der Waals surface area contributed by atoms with Crippen molar-refractivity contribution in [3.63, 3.8) is 0 Å². The van der Waals surface area contributed by atoms with Crippen LogP contribution < -0.4 is 5.32 Å². The molecule has 1 rings (SSSR count). The van der Waals surface area contributed by atoms with Crippen LogP contribution in [-0.4, -0.2) is 94.2 Å². The number of aliphatic imine (C=N–C) groups is 1. The van der Waals surface area contributed by atoms with Gasteiger partial charge in [-0.15, -0.1) is 24.0 Å². The van der Waals surface area contributed by atoms with Crippen LogP contribution in [0.4, 0.5) is 4.79 Å². The van der Waals surface area contributed by atoms with E-state index >= 15 is 0 Å². The molecule has 172 valence electrons. The first kappa shape index (κ1) is 28.2. The summed E-state index contributed by atoms with van der Waals surface area (Å²) < 4.78 is 16.0. The third-order valence-electron chi connectivity index (χ3n) is 4.60. The van der Waals surface area contributed by atoms with Crippen molar-refractivity contribution >= 4 is 36.0 Å². The molecule has 1 saturated heterocycles. The van der Waals surface area contributed by atoms with E-state index in [1.807, 2.05) is 39.6 Å². The van der Waals surface area contributed by atoms with Crippen LogP contribution >= 0.6 is 24.0 Å². The van der Waals surface area contributed by atoms with Gasteiger partial charge in [0.2, 0.25) is 0 Å². The number of likely N-dealkylation sites (tertiary alicyclic amines) is 1. The van der Waals surface area contributed by atoms with Gasteiger partial charge >= 0.3 is 6.09 Å². The smallest absolute Gasteiger partial charge is 0.410 e. The zero-order valence-electron chi connectivity index (χ0n) is 19.0. The fraction of sp³-hybridized carbons (Fsp3) is 0.900. The van der Waals surface area contributed by atoms with Gasteiger partial charge in [-0.3, -0.25) is 4.99 Å². The van der Waals surface area contributed by atoms with Crippen molar-refractivity contribution in [2.24, 2.45) is 10.9 Å². The molecule has 0 aromatic carbocycles. The molecule has 8 nitrogen and oxygen atoms in total. The monoisotopic (exact) mass is 528 g/mol. The molecule has 1 fully saturated rings. The number of ether oxygens (including phenoxy) is 3. The highest BCUT2D eigenvalue weighted by Gasteiger charge is 2.27. The van der Waals surface area contributed by atoms with Crippen molar-refractivity contribution in [2.45, 2.75) is 46.1 Å². The molecular formula is C20H41IN4O4. The van der Waals surface area contributed by atoms with E-state index in [9.17, 15) is 4.79 Å². The van der Waals surface area contributed by atoms with Gasteiger partial charge in [-0.2, -0.15) is 0 Å². The van der Waals surface area contributed by atoms with Crippen molar-refractivity contribution in [3.05, 3.63) is 0 Å². The Morgan fingerprint density at radius 2 is 1.86 bits per heavy atom. The number of hydrogen-bond donors (Lipinski definition) is 1. The van der Waals surface area contributed by atoms with Gasteiger partial charge in [-0.05, 0) is 46.5 Å². The topological polar surface area (TPSA) is 75.6 Å². The highest BCUT2D eigenvalue weighted by Crippen LogP contribution is 2.20. The Morgan fingerprint density at radius 1 is 1.21 bits per heavy atom. The van der Waals surface area contributed by atoms with Crippen molar-refractivity contribution in [1.29, 1.82) is 0 Å². The first-order valence-electron chi connectivity index (χ1n) is 10.3. The fourth-order valence-electron chi connectivity index (χ4n) is 3.11. The maximum absolute atomic E-state index is 12.3. The molecule has 0 aromatic heterocycles. The number of carbonyl (C=O) groups is 1. The number of methoxy groups -OCH3 is 1. The molecule has 1 heterocycles. The van der Waals surface area contributed by atoms with Gasteiger partial charge in [0.1, 0.15) is 5.60 Å². The van der Waals surface area contributed by atoms with E-state index in [0.29, 0.717) is 32.3 Å². The molecule has 9 heteroatoms. The molecule has 0 atom stereocenters. The molecule has 1 amide bonds. The van der Waals surface area contributed by atoms with Crippen LogP contribution in [0.2, 0.25) is 0 Å².